The highest BCUT2D eigenvalue weighted by Gasteiger charge is 1.93. The Hall–Kier alpha value is -0.220. The molecule has 0 bridgehead atoms. The van der Waals surface area contributed by atoms with Gasteiger partial charge in [0.1, 0.15) is 0 Å². The summed E-state index contributed by atoms with van der Waals surface area (Å²) in [6, 6.07) is 0. The predicted molar refractivity (Wildman–Crippen MR) is 35.3 cm³/mol. The quantitative estimate of drug-likeness (QED) is 0.538. The zero-order valence-electron chi connectivity index (χ0n) is 5.05. The van der Waals surface area contributed by atoms with Crippen molar-refractivity contribution in [1.82, 2.24) is 4.31 Å². The van der Waals surface area contributed by atoms with E-state index < -0.39 is 0 Å². The van der Waals surface area contributed by atoms with Crippen LogP contribution in [0, 0.1) is 0 Å². The van der Waals surface area contributed by atoms with Gasteiger partial charge >= 0.3 is 0 Å². The molecule has 48 valence electrons. The molecule has 0 saturated heterocycles. The second-order valence-electron chi connectivity index (χ2n) is 1.55. The Morgan fingerprint density at radius 2 is 2.25 bits per heavy atom. The molecule has 0 fully saturated rings. The fraction of sp³-hybridized carbons (Fsp3) is 0.750. The molecule has 1 amide bonds. The van der Waals surface area contributed by atoms with Crippen LogP contribution in [0.25, 0.3) is 0 Å². The van der Waals surface area contributed by atoms with Crippen LogP contribution in [0.1, 0.15) is 0 Å². The molecule has 2 N–H and O–H groups in total. The first-order chi connectivity index (χ1) is 3.63. The smallest absolute Gasteiger partial charge is 0.228 e. The van der Waals surface area contributed by atoms with Crippen LogP contribution < -0.4 is 5.73 Å². The maximum absolute atomic E-state index is 10.1. The SMILES string of the molecule is CN(C)SCC(N)=O. The molecule has 0 aromatic carbocycles. The molecule has 0 aromatic heterocycles. The van der Waals surface area contributed by atoms with Gasteiger partial charge in [0.15, 0.2) is 0 Å². The van der Waals surface area contributed by atoms with Crippen molar-refractivity contribution in [3.05, 3.63) is 0 Å². The first-order valence-corrected chi connectivity index (χ1v) is 3.15. The van der Waals surface area contributed by atoms with Gasteiger partial charge in [0.25, 0.3) is 0 Å². The Balaban J connectivity index is 3.05. The lowest BCUT2D eigenvalue weighted by Crippen LogP contribution is -2.16. The summed E-state index contributed by atoms with van der Waals surface area (Å²) < 4.78 is 1.84. The average molecular weight is 134 g/mol. The van der Waals surface area contributed by atoms with Gasteiger partial charge in [-0.25, -0.2) is 0 Å². The average Bonchev–Trinajstić information content (AvgIpc) is 1.61. The van der Waals surface area contributed by atoms with Gasteiger partial charge in [-0.15, -0.1) is 0 Å². The summed E-state index contributed by atoms with van der Waals surface area (Å²) in [6.07, 6.45) is 0. The van der Waals surface area contributed by atoms with Crippen LogP contribution in [0.2, 0.25) is 0 Å². The predicted octanol–water partition coefficient (Wildman–Crippen LogP) is -0.319. The molecule has 8 heavy (non-hydrogen) atoms. The molecule has 0 aliphatic heterocycles. The molecule has 0 spiro atoms. The number of primary amides is 1. The van der Waals surface area contributed by atoms with E-state index >= 15 is 0 Å². The summed E-state index contributed by atoms with van der Waals surface area (Å²) in [6.45, 7) is 0. The van der Waals surface area contributed by atoms with Crippen LogP contribution in [0.5, 0.6) is 0 Å². The molecular formula is C4H10N2OS. The molecule has 0 saturated carbocycles. The minimum Gasteiger partial charge on any atom is -0.369 e. The summed E-state index contributed by atoms with van der Waals surface area (Å²) in [5.74, 6) is 0.0937. The van der Waals surface area contributed by atoms with Crippen molar-refractivity contribution in [3.8, 4) is 0 Å². The highest BCUT2D eigenvalue weighted by Crippen LogP contribution is 1.99. The Bertz CT molecular complexity index is 84.1. The molecule has 0 atom stereocenters. The second kappa shape index (κ2) is 3.74. The van der Waals surface area contributed by atoms with Gasteiger partial charge in [-0.2, -0.15) is 0 Å². The van der Waals surface area contributed by atoms with E-state index in [0.717, 1.165) is 0 Å². The van der Waals surface area contributed by atoms with Crippen molar-refractivity contribution in [2.24, 2.45) is 5.73 Å². The maximum atomic E-state index is 10.1. The van der Waals surface area contributed by atoms with Gasteiger partial charge in [0, 0.05) is 0 Å². The van der Waals surface area contributed by atoms with Crippen molar-refractivity contribution in [1.29, 1.82) is 0 Å². The molecule has 0 radical (unpaired) electrons. The number of hydrogen-bond donors (Lipinski definition) is 1. The molecule has 0 unspecified atom stereocenters. The molecule has 0 aliphatic rings. The van der Waals surface area contributed by atoms with Gasteiger partial charge in [-0.1, -0.05) is 11.9 Å². The largest absolute Gasteiger partial charge is 0.369 e. The topological polar surface area (TPSA) is 46.3 Å². The normalized spacial score (nSPS) is 9.88. The van der Waals surface area contributed by atoms with Crippen LogP contribution in [-0.4, -0.2) is 30.1 Å². The Morgan fingerprint density at radius 1 is 1.75 bits per heavy atom. The number of carbonyl (C=O) groups excluding carboxylic acids is 1. The number of carbonyl (C=O) groups is 1. The molecule has 0 aliphatic carbocycles. The standard InChI is InChI=1S/C4H10N2OS/c1-6(2)8-3-4(5)7/h3H2,1-2H3,(H2,5,7). The Morgan fingerprint density at radius 3 is 2.38 bits per heavy atom. The van der Waals surface area contributed by atoms with Crippen molar-refractivity contribution < 1.29 is 4.79 Å². The van der Waals surface area contributed by atoms with Gasteiger partial charge in [-0.3, -0.25) is 9.10 Å². The third-order valence-corrected chi connectivity index (χ3v) is 1.40. The van der Waals surface area contributed by atoms with E-state index in [1.807, 2.05) is 18.4 Å². The van der Waals surface area contributed by atoms with Crippen LogP contribution >= 0.6 is 11.9 Å². The van der Waals surface area contributed by atoms with E-state index in [0.29, 0.717) is 5.75 Å². The van der Waals surface area contributed by atoms with Crippen molar-refractivity contribution >= 4 is 17.9 Å². The van der Waals surface area contributed by atoms with Gasteiger partial charge in [-0.05, 0) is 14.1 Å². The fourth-order valence-electron chi connectivity index (χ4n) is 0.193. The minimum absolute atomic E-state index is 0.274. The van der Waals surface area contributed by atoms with E-state index in [9.17, 15) is 4.79 Å². The highest BCUT2D eigenvalue weighted by atomic mass is 32.2. The van der Waals surface area contributed by atoms with Crippen LogP contribution in [0.4, 0.5) is 0 Å². The maximum Gasteiger partial charge on any atom is 0.228 e. The van der Waals surface area contributed by atoms with Crippen molar-refractivity contribution in [2.75, 3.05) is 19.8 Å². The molecule has 4 heteroatoms. The van der Waals surface area contributed by atoms with E-state index in [1.165, 1.54) is 11.9 Å². The summed E-state index contributed by atoms with van der Waals surface area (Å²) in [4.78, 5) is 10.1. The molecule has 0 heterocycles. The third-order valence-electron chi connectivity index (χ3n) is 0.465. The zero-order valence-corrected chi connectivity index (χ0v) is 5.86. The lowest BCUT2D eigenvalue weighted by Gasteiger charge is -2.04. The van der Waals surface area contributed by atoms with Crippen molar-refractivity contribution in [2.45, 2.75) is 0 Å². The minimum atomic E-state index is -0.274. The van der Waals surface area contributed by atoms with Crippen LogP contribution in [-0.2, 0) is 4.79 Å². The van der Waals surface area contributed by atoms with Gasteiger partial charge in [0.2, 0.25) is 5.91 Å². The monoisotopic (exact) mass is 134 g/mol. The number of amides is 1. The molecular weight excluding hydrogens is 124 g/mol. The number of hydrogen-bond acceptors (Lipinski definition) is 3. The lowest BCUT2D eigenvalue weighted by molar-refractivity contribution is -0.115. The zero-order chi connectivity index (χ0) is 6.57. The van der Waals surface area contributed by atoms with E-state index in [4.69, 9.17) is 5.73 Å². The highest BCUT2D eigenvalue weighted by molar-refractivity contribution is 7.97. The summed E-state index contributed by atoms with van der Waals surface area (Å²) in [5, 5.41) is 0. The summed E-state index contributed by atoms with van der Waals surface area (Å²) in [7, 11) is 3.74. The summed E-state index contributed by atoms with van der Waals surface area (Å²) in [5.41, 5.74) is 4.85. The number of nitrogens with zero attached hydrogens (tertiary/aromatic N) is 1. The molecule has 0 aromatic rings. The first-order valence-electron chi connectivity index (χ1n) is 2.21. The van der Waals surface area contributed by atoms with Gasteiger partial charge < -0.3 is 5.73 Å². The van der Waals surface area contributed by atoms with Crippen LogP contribution in [0.15, 0.2) is 0 Å². The summed E-state index contributed by atoms with van der Waals surface area (Å²) >= 11 is 1.40. The van der Waals surface area contributed by atoms with E-state index in [1.54, 1.807) is 0 Å². The Kier molecular flexibility index (Phi) is 3.64. The molecule has 0 rings (SSSR count). The van der Waals surface area contributed by atoms with Crippen LogP contribution in [0.3, 0.4) is 0 Å². The third kappa shape index (κ3) is 5.78. The lowest BCUT2D eigenvalue weighted by atomic mass is 10.8. The van der Waals surface area contributed by atoms with E-state index in [2.05, 4.69) is 0 Å². The second-order valence-corrected chi connectivity index (χ2v) is 2.83. The number of rotatable bonds is 3. The van der Waals surface area contributed by atoms with E-state index in [-0.39, 0.29) is 5.91 Å². The molecule has 3 nitrogen and oxygen atoms in total. The van der Waals surface area contributed by atoms with Gasteiger partial charge in [0.05, 0.1) is 5.75 Å². The Labute approximate surface area is 53.4 Å². The number of nitrogens with two attached hydrogens (primary N) is 1. The fourth-order valence-corrected chi connectivity index (χ4v) is 0.578. The first kappa shape index (κ1) is 7.78. The van der Waals surface area contributed by atoms with Crippen molar-refractivity contribution in [3.63, 3.8) is 0 Å².